The van der Waals surface area contributed by atoms with Crippen molar-refractivity contribution >= 4 is 28.6 Å². The molecule has 1 aliphatic heterocycles. The lowest BCUT2D eigenvalue weighted by Crippen LogP contribution is -2.47. The minimum absolute atomic E-state index is 0.119. The van der Waals surface area contributed by atoms with E-state index >= 15 is 0 Å². The summed E-state index contributed by atoms with van der Waals surface area (Å²) in [5.74, 6) is -2.66. The summed E-state index contributed by atoms with van der Waals surface area (Å²) in [6.45, 7) is 4.29. The van der Waals surface area contributed by atoms with Gasteiger partial charge in [-0.25, -0.2) is 8.78 Å². The Kier molecular flexibility index (Phi) is 10.3. The van der Waals surface area contributed by atoms with Crippen LogP contribution in [0.3, 0.4) is 0 Å². The normalized spacial score (nSPS) is 15.7. The van der Waals surface area contributed by atoms with Crippen molar-refractivity contribution in [2.75, 3.05) is 26.2 Å². The summed E-state index contributed by atoms with van der Waals surface area (Å²) < 4.78 is 35.0. The zero-order valence-corrected chi connectivity index (χ0v) is 25.3. The third-order valence-electron chi connectivity index (χ3n) is 8.06. The average Bonchev–Trinajstić information content (AvgIpc) is 3.55. The predicted molar refractivity (Wildman–Crippen MR) is 171 cm³/mol. The van der Waals surface area contributed by atoms with Crippen LogP contribution in [0.5, 0.6) is 5.75 Å². The molecule has 1 saturated heterocycles. The summed E-state index contributed by atoms with van der Waals surface area (Å²) in [5, 5.41) is 11.1. The highest BCUT2D eigenvalue weighted by Gasteiger charge is 2.36. The summed E-state index contributed by atoms with van der Waals surface area (Å²) in [5.41, 5.74) is 2.90. The number of carbonyl (C=O) groups excluding carboxylic acids is 1. The number of alkyl halides is 2. The molecule has 4 aromatic rings. The Hall–Kier alpha value is -3.46. The Morgan fingerprint density at radius 3 is 2.16 bits per heavy atom. The first kappa shape index (κ1) is 31.0. The van der Waals surface area contributed by atoms with Gasteiger partial charge in [0.2, 0.25) is 5.91 Å². The van der Waals surface area contributed by atoms with Gasteiger partial charge >= 0.3 is 0 Å². The van der Waals surface area contributed by atoms with Crippen molar-refractivity contribution in [3.05, 3.63) is 96.1 Å². The molecule has 0 aromatic heterocycles. The van der Waals surface area contributed by atoms with Gasteiger partial charge in [-0.1, -0.05) is 66.2 Å². The summed E-state index contributed by atoms with van der Waals surface area (Å²) in [4.78, 5) is 14.7. The van der Waals surface area contributed by atoms with Gasteiger partial charge in [0.1, 0.15) is 5.75 Å². The number of hydrogen-bond donors (Lipinski definition) is 2. The number of piperazine rings is 1. The van der Waals surface area contributed by atoms with E-state index in [1.54, 1.807) is 12.1 Å². The van der Waals surface area contributed by atoms with Crippen LogP contribution in [-0.4, -0.2) is 43.1 Å². The van der Waals surface area contributed by atoms with Crippen LogP contribution < -0.4 is 15.2 Å². The topological polar surface area (TPSA) is 67.6 Å². The summed E-state index contributed by atoms with van der Waals surface area (Å²) in [6, 6.07) is 26.7. The molecule has 1 saturated carbocycles. The summed E-state index contributed by atoms with van der Waals surface area (Å²) in [6.07, 6.45) is 4.63. The van der Waals surface area contributed by atoms with E-state index in [1.807, 2.05) is 37.3 Å². The zero-order chi connectivity index (χ0) is 30.2. The number of hydrogen-bond acceptors (Lipinski definition) is 5. The molecule has 2 fully saturated rings. The number of nitrogens with zero attached hydrogens (tertiary/aromatic N) is 1. The lowest BCUT2D eigenvalue weighted by Gasteiger charge is -2.29. The molecule has 1 aliphatic carbocycles. The molecule has 6 rings (SSSR count). The Morgan fingerprint density at radius 2 is 1.51 bits per heavy atom. The Balaban J connectivity index is 0.000000180. The van der Waals surface area contributed by atoms with Crippen LogP contribution in [0.25, 0.3) is 21.9 Å². The number of carbonyl (C=O) groups is 1. The number of nitrogens with one attached hydrogen (secondary N) is 1. The fourth-order valence-corrected chi connectivity index (χ4v) is 5.86. The maximum absolute atomic E-state index is 14.5. The molecule has 5 nitrogen and oxygen atoms in total. The first-order valence-electron chi connectivity index (χ1n) is 14.9. The van der Waals surface area contributed by atoms with Gasteiger partial charge in [-0.2, -0.15) is 0 Å². The number of amides is 1. The molecule has 0 radical (unpaired) electrons. The van der Waals surface area contributed by atoms with E-state index < -0.39 is 18.3 Å². The van der Waals surface area contributed by atoms with E-state index in [1.165, 1.54) is 65.4 Å². The van der Waals surface area contributed by atoms with Crippen LogP contribution >= 0.6 is 11.9 Å². The van der Waals surface area contributed by atoms with E-state index in [2.05, 4.69) is 35.6 Å². The van der Waals surface area contributed by atoms with E-state index in [4.69, 9.17) is 9.88 Å². The van der Waals surface area contributed by atoms with Crippen molar-refractivity contribution in [3.63, 3.8) is 0 Å². The van der Waals surface area contributed by atoms with Crippen LogP contribution in [0.4, 0.5) is 8.78 Å². The molecule has 0 atom stereocenters. The average molecular weight is 604 g/mol. The van der Waals surface area contributed by atoms with Crippen LogP contribution in [0, 0.1) is 6.92 Å². The Labute approximate surface area is 256 Å². The summed E-state index contributed by atoms with van der Waals surface area (Å²) in [7, 11) is 0. The van der Waals surface area contributed by atoms with Crippen molar-refractivity contribution in [2.45, 2.75) is 55.9 Å². The molecule has 2 aliphatic rings. The van der Waals surface area contributed by atoms with E-state index in [-0.39, 0.29) is 5.56 Å². The van der Waals surface area contributed by atoms with E-state index in [9.17, 15) is 13.6 Å². The molecule has 0 bridgehead atoms. The third kappa shape index (κ3) is 8.34. The van der Waals surface area contributed by atoms with Gasteiger partial charge in [0.05, 0.1) is 12.5 Å². The highest BCUT2D eigenvalue weighted by atomic mass is 32.2. The maximum atomic E-state index is 14.5. The number of ether oxygens (including phenoxy) is 1. The molecule has 0 spiro atoms. The van der Waals surface area contributed by atoms with Gasteiger partial charge in [0.15, 0.2) is 0 Å². The third-order valence-corrected chi connectivity index (χ3v) is 8.59. The number of halogens is 2. The number of benzene rings is 4. The smallest absolute Gasteiger partial charge is 0.281 e. The Bertz CT molecular complexity index is 1500. The van der Waals surface area contributed by atoms with Crippen molar-refractivity contribution in [2.24, 2.45) is 5.14 Å². The van der Waals surface area contributed by atoms with Crippen molar-refractivity contribution < 1.29 is 18.3 Å². The van der Waals surface area contributed by atoms with Crippen LogP contribution in [-0.2, 0) is 10.7 Å². The highest BCUT2D eigenvalue weighted by molar-refractivity contribution is 7.97. The molecule has 3 N–H and O–H groups in total. The van der Waals surface area contributed by atoms with Crippen molar-refractivity contribution in [1.29, 1.82) is 0 Å². The fourth-order valence-electron chi connectivity index (χ4n) is 5.52. The predicted octanol–water partition coefficient (Wildman–Crippen LogP) is 7.70. The lowest BCUT2D eigenvalue weighted by atomic mass is 9.99. The second kappa shape index (κ2) is 14.3. The largest absolute Gasteiger partial charge is 0.490 e. The second-order valence-corrected chi connectivity index (χ2v) is 12.0. The van der Waals surface area contributed by atoms with Crippen LogP contribution in [0.1, 0.15) is 43.2 Å². The molecule has 4 aromatic carbocycles. The van der Waals surface area contributed by atoms with Gasteiger partial charge in [-0.3, -0.25) is 9.93 Å². The van der Waals surface area contributed by atoms with Crippen LogP contribution in [0.2, 0.25) is 0 Å². The van der Waals surface area contributed by atoms with Gasteiger partial charge in [-0.05, 0) is 90.7 Å². The van der Waals surface area contributed by atoms with Gasteiger partial charge in [0, 0.05) is 36.6 Å². The van der Waals surface area contributed by atoms with E-state index in [0.717, 1.165) is 27.3 Å². The van der Waals surface area contributed by atoms with Gasteiger partial charge in [0.25, 0.3) is 5.92 Å². The van der Waals surface area contributed by atoms with Crippen molar-refractivity contribution in [3.8, 4) is 16.9 Å². The molecule has 226 valence electrons. The van der Waals surface area contributed by atoms with Gasteiger partial charge < -0.3 is 15.0 Å². The first-order chi connectivity index (χ1) is 20.8. The maximum Gasteiger partial charge on any atom is 0.281 e. The highest BCUT2D eigenvalue weighted by Crippen LogP contribution is 2.34. The number of nitrogens with two attached hydrogens (primary N) is 1. The summed E-state index contributed by atoms with van der Waals surface area (Å²) >= 11 is 1.28. The monoisotopic (exact) mass is 603 g/mol. The quantitative estimate of drug-likeness (QED) is 0.212. The molecule has 0 unspecified atom stereocenters. The minimum Gasteiger partial charge on any atom is -0.490 e. The molecule has 1 amide bonds. The molecule has 1 heterocycles. The zero-order valence-electron chi connectivity index (χ0n) is 24.5. The number of rotatable bonds is 7. The standard InChI is InChI=1S/C20H22F2N2O.C15H17NOS/c1-15-2-4-16(5-3-15)17-6-8-18(9-7-17)20(21,22)14-19(25)24-12-10-23-11-13-24;16-18-15-8-6-11-9-14(7-5-12(11)10-15)17-13-3-1-2-4-13/h2-9,23H,10-14H2,1H3;5-10,13H,1-4,16H2. The Morgan fingerprint density at radius 1 is 0.907 bits per heavy atom. The number of aryl methyl sites for hydroxylation is 1. The van der Waals surface area contributed by atoms with Crippen molar-refractivity contribution in [1.82, 2.24) is 10.2 Å². The molecular formula is C35H39F2N3O2S. The molecule has 43 heavy (non-hydrogen) atoms. The second-order valence-electron chi connectivity index (χ2n) is 11.3. The minimum atomic E-state index is -3.16. The molecule has 8 heteroatoms. The SMILES string of the molecule is Cc1ccc(-c2ccc(C(F)(F)CC(=O)N3CCNCC3)cc2)cc1.NSc1ccc2cc(OC3CCCC3)ccc2c1. The van der Waals surface area contributed by atoms with Crippen LogP contribution in [0.15, 0.2) is 89.8 Å². The molecular weight excluding hydrogens is 564 g/mol. The fraction of sp³-hybridized carbons (Fsp3) is 0.343. The number of fused-ring (bicyclic) bond motifs is 1. The first-order valence-corrected chi connectivity index (χ1v) is 15.8. The lowest BCUT2D eigenvalue weighted by molar-refractivity contribution is -0.140. The van der Waals surface area contributed by atoms with E-state index in [0.29, 0.717) is 32.3 Å². The van der Waals surface area contributed by atoms with Gasteiger partial charge in [-0.15, -0.1) is 0 Å².